The largest absolute Gasteiger partial charge is 0.368 e. The van der Waals surface area contributed by atoms with Crippen LogP contribution in [0.4, 0.5) is 0 Å². The first-order valence-corrected chi connectivity index (χ1v) is 7.79. The van der Waals surface area contributed by atoms with Crippen molar-refractivity contribution in [2.45, 2.75) is 19.4 Å². The van der Waals surface area contributed by atoms with Crippen LogP contribution in [0.3, 0.4) is 0 Å². The van der Waals surface area contributed by atoms with Gasteiger partial charge >= 0.3 is 0 Å². The topological polar surface area (TPSA) is 42.4 Å². The lowest BCUT2D eigenvalue weighted by atomic mass is 10.1. The van der Waals surface area contributed by atoms with Gasteiger partial charge in [-0.05, 0) is 18.7 Å². The van der Waals surface area contributed by atoms with Gasteiger partial charge in [0.1, 0.15) is 11.1 Å². The van der Waals surface area contributed by atoms with Crippen molar-refractivity contribution in [2.75, 3.05) is 26.2 Å². The second-order valence-electron chi connectivity index (χ2n) is 4.97. The number of benzene rings is 1. The third-order valence-corrected chi connectivity index (χ3v) is 4.66. The van der Waals surface area contributed by atoms with Gasteiger partial charge in [-0.2, -0.15) is 0 Å². The zero-order valence-electron chi connectivity index (χ0n) is 11.5. The smallest absolute Gasteiger partial charge is 0.169 e. The maximum absolute atomic E-state index is 12.3. The van der Waals surface area contributed by atoms with Crippen LogP contribution in [-0.4, -0.2) is 48.0 Å². The Labute approximate surface area is 122 Å². The van der Waals surface area contributed by atoms with Gasteiger partial charge in [0.25, 0.3) is 0 Å². The van der Waals surface area contributed by atoms with Gasteiger partial charge in [0, 0.05) is 13.1 Å². The number of carbonyl (C=O) groups excluding carboxylic acids is 1. The van der Waals surface area contributed by atoms with Crippen LogP contribution in [-0.2, 0) is 16.0 Å². The summed E-state index contributed by atoms with van der Waals surface area (Å²) in [4.78, 5) is 19.1. The quantitative estimate of drug-likeness (QED) is 0.865. The number of hydrogen-bond acceptors (Lipinski definition) is 5. The van der Waals surface area contributed by atoms with Crippen LogP contribution in [0.15, 0.2) is 24.3 Å². The molecule has 2 heterocycles. The molecule has 0 saturated carbocycles. The molecule has 0 radical (unpaired) electrons. The molecule has 0 N–H and O–H groups in total. The van der Waals surface area contributed by atoms with E-state index in [1.165, 1.54) is 0 Å². The number of para-hydroxylation sites is 1. The Morgan fingerprint density at radius 2 is 2.35 bits per heavy atom. The normalized spacial score (nSPS) is 20.4. The van der Waals surface area contributed by atoms with Crippen molar-refractivity contribution in [3.8, 4) is 0 Å². The average molecular weight is 290 g/mol. The van der Waals surface area contributed by atoms with Crippen molar-refractivity contribution >= 4 is 27.3 Å². The van der Waals surface area contributed by atoms with Crippen LogP contribution in [0.2, 0.25) is 0 Å². The number of ether oxygens (including phenoxy) is 1. The highest BCUT2D eigenvalue weighted by molar-refractivity contribution is 7.18. The van der Waals surface area contributed by atoms with E-state index in [0.717, 1.165) is 28.3 Å². The fourth-order valence-corrected chi connectivity index (χ4v) is 3.42. The van der Waals surface area contributed by atoms with Gasteiger partial charge < -0.3 is 4.74 Å². The summed E-state index contributed by atoms with van der Waals surface area (Å²) < 4.78 is 6.74. The number of fused-ring (bicyclic) bond motifs is 1. The van der Waals surface area contributed by atoms with Crippen molar-refractivity contribution in [2.24, 2.45) is 0 Å². The minimum absolute atomic E-state index is 0.141. The minimum Gasteiger partial charge on any atom is -0.368 e. The highest BCUT2D eigenvalue weighted by Gasteiger charge is 2.26. The molecule has 1 aliphatic heterocycles. The first kappa shape index (κ1) is 13.7. The first-order valence-electron chi connectivity index (χ1n) is 6.97. The number of thiazole rings is 1. The standard InChI is InChI=1S/C15H18N2O2S/c1-2-17-7-8-19-13(10-17)12(18)9-15-16-11-5-3-4-6-14(11)20-15/h3-6,13H,2,7-10H2,1H3. The lowest BCUT2D eigenvalue weighted by molar-refractivity contribution is -0.135. The Morgan fingerprint density at radius 1 is 1.50 bits per heavy atom. The van der Waals surface area contributed by atoms with Gasteiger partial charge in [0.2, 0.25) is 0 Å². The zero-order valence-corrected chi connectivity index (χ0v) is 12.4. The van der Waals surface area contributed by atoms with Gasteiger partial charge in [-0.25, -0.2) is 4.98 Å². The predicted molar refractivity (Wildman–Crippen MR) is 80.2 cm³/mol. The monoisotopic (exact) mass is 290 g/mol. The molecule has 0 spiro atoms. The Kier molecular flexibility index (Phi) is 4.10. The van der Waals surface area contributed by atoms with Crippen LogP contribution >= 0.6 is 11.3 Å². The molecule has 106 valence electrons. The SMILES string of the molecule is CCN1CCOC(C(=O)Cc2nc3ccccc3s2)C1. The van der Waals surface area contributed by atoms with Gasteiger partial charge in [-0.3, -0.25) is 9.69 Å². The van der Waals surface area contributed by atoms with Gasteiger partial charge in [0.15, 0.2) is 5.78 Å². The molecular weight excluding hydrogens is 272 g/mol. The molecule has 3 rings (SSSR count). The average Bonchev–Trinajstić information content (AvgIpc) is 2.89. The molecule has 0 bridgehead atoms. The summed E-state index contributed by atoms with van der Waals surface area (Å²) in [6.07, 6.45) is 0.0809. The van der Waals surface area contributed by atoms with E-state index < -0.39 is 0 Å². The van der Waals surface area contributed by atoms with Crippen LogP contribution in [0.5, 0.6) is 0 Å². The van der Waals surface area contributed by atoms with Crippen molar-refractivity contribution in [1.82, 2.24) is 9.88 Å². The molecular formula is C15H18N2O2S. The number of aromatic nitrogens is 1. The molecule has 4 nitrogen and oxygen atoms in total. The Morgan fingerprint density at radius 3 is 3.15 bits per heavy atom. The maximum Gasteiger partial charge on any atom is 0.169 e. The molecule has 1 saturated heterocycles. The molecule has 0 aliphatic carbocycles. The molecule has 20 heavy (non-hydrogen) atoms. The van der Waals surface area contributed by atoms with E-state index in [4.69, 9.17) is 4.74 Å². The van der Waals surface area contributed by atoms with E-state index in [1.807, 2.05) is 24.3 Å². The van der Waals surface area contributed by atoms with Crippen molar-refractivity contribution in [3.63, 3.8) is 0 Å². The number of morpholine rings is 1. The Bertz CT molecular complexity index is 578. The summed E-state index contributed by atoms with van der Waals surface area (Å²) in [5.74, 6) is 0.141. The number of likely N-dealkylation sites (N-methyl/N-ethyl adjacent to an activating group) is 1. The summed E-state index contributed by atoms with van der Waals surface area (Å²) in [5.41, 5.74) is 0.972. The van der Waals surface area contributed by atoms with E-state index in [9.17, 15) is 4.79 Å². The summed E-state index contributed by atoms with van der Waals surface area (Å²) in [5, 5.41) is 0.883. The van der Waals surface area contributed by atoms with Gasteiger partial charge in [0.05, 0.1) is 23.2 Å². The third-order valence-electron chi connectivity index (χ3n) is 3.62. The zero-order chi connectivity index (χ0) is 13.9. The highest BCUT2D eigenvalue weighted by atomic mass is 32.1. The molecule has 5 heteroatoms. The highest BCUT2D eigenvalue weighted by Crippen LogP contribution is 2.22. The van der Waals surface area contributed by atoms with E-state index in [0.29, 0.717) is 19.6 Å². The van der Waals surface area contributed by atoms with Crippen molar-refractivity contribution in [3.05, 3.63) is 29.3 Å². The van der Waals surface area contributed by atoms with E-state index in [1.54, 1.807) is 11.3 Å². The second-order valence-corrected chi connectivity index (χ2v) is 6.09. The Hall–Kier alpha value is -1.30. The van der Waals surface area contributed by atoms with E-state index >= 15 is 0 Å². The maximum atomic E-state index is 12.3. The first-order chi connectivity index (χ1) is 9.76. The number of carbonyl (C=O) groups is 1. The van der Waals surface area contributed by atoms with Crippen molar-refractivity contribution in [1.29, 1.82) is 0 Å². The minimum atomic E-state index is -0.296. The molecule has 1 aromatic heterocycles. The molecule has 2 aromatic rings. The lowest BCUT2D eigenvalue weighted by Gasteiger charge is -2.31. The van der Waals surface area contributed by atoms with E-state index in [2.05, 4.69) is 16.8 Å². The van der Waals surface area contributed by atoms with Crippen LogP contribution in [0, 0.1) is 0 Å². The number of rotatable bonds is 4. The predicted octanol–water partition coefficient (Wildman–Crippen LogP) is 2.13. The lowest BCUT2D eigenvalue weighted by Crippen LogP contribution is -2.46. The number of nitrogens with zero attached hydrogens (tertiary/aromatic N) is 2. The molecule has 1 aliphatic rings. The molecule has 0 amide bonds. The Balaban J connectivity index is 1.68. The summed E-state index contributed by atoms with van der Waals surface area (Å²) in [6, 6.07) is 7.99. The number of hydrogen-bond donors (Lipinski definition) is 0. The second kappa shape index (κ2) is 5.99. The third kappa shape index (κ3) is 2.90. The summed E-state index contributed by atoms with van der Waals surface area (Å²) >= 11 is 1.60. The fraction of sp³-hybridized carbons (Fsp3) is 0.467. The molecule has 1 fully saturated rings. The van der Waals surface area contributed by atoms with Gasteiger partial charge in [-0.1, -0.05) is 19.1 Å². The van der Waals surface area contributed by atoms with Crippen molar-refractivity contribution < 1.29 is 9.53 Å². The molecule has 1 atom stereocenters. The van der Waals surface area contributed by atoms with Crippen LogP contribution in [0.25, 0.3) is 10.2 Å². The summed E-state index contributed by atoms with van der Waals surface area (Å²) in [7, 11) is 0. The van der Waals surface area contributed by atoms with Crippen LogP contribution < -0.4 is 0 Å². The molecule has 1 aromatic carbocycles. The number of Topliss-reactive ketones (excluding diaryl/α,β-unsaturated/α-hetero) is 1. The number of ketones is 1. The van der Waals surface area contributed by atoms with Gasteiger partial charge in [-0.15, -0.1) is 11.3 Å². The molecule has 1 unspecified atom stereocenters. The fourth-order valence-electron chi connectivity index (χ4n) is 2.44. The van der Waals surface area contributed by atoms with Crippen LogP contribution in [0.1, 0.15) is 11.9 Å². The summed E-state index contributed by atoms with van der Waals surface area (Å²) in [6.45, 7) is 5.35. The van der Waals surface area contributed by atoms with E-state index in [-0.39, 0.29) is 11.9 Å².